The Morgan fingerprint density at radius 3 is 2.61 bits per heavy atom. The molecule has 3 aromatic rings. The van der Waals surface area contributed by atoms with Gasteiger partial charge in [-0.1, -0.05) is 23.8 Å². The lowest BCUT2D eigenvalue weighted by atomic mass is 10.1. The van der Waals surface area contributed by atoms with E-state index in [1.54, 1.807) is 0 Å². The number of nitro benzene ring substituents is 1. The van der Waals surface area contributed by atoms with E-state index in [0.29, 0.717) is 11.6 Å². The van der Waals surface area contributed by atoms with Crippen molar-refractivity contribution in [2.45, 2.75) is 20.4 Å². The number of hydrogen-bond acceptors (Lipinski definition) is 6. The average Bonchev–Trinajstić information content (AvgIpc) is 3.21. The van der Waals surface area contributed by atoms with Gasteiger partial charge in [0.2, 0.25) is 5.89 Å². The van der Waals surface area contributed by atoms with Gasteiger partial charge in [0, 0.05) is 11.6 Å². The Labute approximate surface area is 159 Å². The number of imide groups is 1. The van der Waals surface area contributed by atoms with Crippen LogP contribution < -0.4 is 0 Å². The summed E-state index contributed by atoms with van der Waals surface area (Å²) in [6.45, 7) is 3.80. The lowest BCUT2D eigenvalue weighted by Gasteiger charge is -2.11. The number of hydrogen-bond donors (Lipinski definition) is 0. The maximum absolute atomic E-state index is 12.6. The average molecular weight is 377 g/mol. The van der Waals surface area contributed by atoms with Crippen molar-refractivity contribution in [1.29, 1.82) is 0 Å². The van der Waals surface area contributed by atoms with Crippen LogP contribution in [0.25, 0.3) is 11.5 Å². The molecule has 0 bridgehead atoms. The third-order valence-corrected chi connectivity index (χ3v) is 4.66. The fourth-order valence-electron chi connectivity index (χ4n) is 3.33. The van der Waals surface area contributed by atoms with Gasteiger partial charge in [-0.3, -0.25) is 24.6 Å². The van der Waals surface area contributed by atoms with E-state index < -0.39 is 16.7 Å². The minimum atomic E-state index is -0.705. The van der Waals surface area contributed by atoms with E-state index in [1.165, 1.54) is 24.5 Å². The van der Waals surface area contributed by atoms with Gasteiger partial charge in [0.15, 0.2) is 0 Å². The van der Waals surface area contributed by atoms with Gasteiger partial charge in [0.1, 0.15) is 11.8 Å². The molecule has 8 heteroatoms. The molecule has 28 heavy (non-hydrogen) atoms. The predicted octanol–water partition coefficient (Wildman–Crippen LogP) is 3.66. The van der Waals surface area contributed by atoms with Gasteiger partial charge in [0.25, 0.3) is 17.5 Å². The lowest BCUT2D eigenvalue weighted by Crippen LogP contribution is -2.29. The molecule has 0 N–H and O–H groups in total. The zero-order valence-electron chi connectivity index (χ0n) is 15.1. The predicted molar refractivity (Wildman–Crippen MR) is 98.7 cm³/mol. The third-order valence-electron chi connectivity index (χ3n) is 4.66. The van der Waals surface area contributed by atoms with Gasteiger partial charge in [-0.05, 0) is 31.5 Å². The second kappa shape index (κ2) is 6.41. The first kappa shape index (κ1) is 17.6. The van der Waals surface area contributed by atoms with E-state index in [2.05, 4.69) is 4.98 Å². The molecular formula is C20H15N3O5. The second-order valence-electron chi connectivity index (χ2n) is 6.62. The number of amides is 2. The van der Waals surface area contributed by atoms with Crippen molar-refractivity contribution >= 4 is 17.5 Å². The highest BCUT2D eigenvalue weighted by molar-refractivity contribution is 6.23. The van der Waals surface area contributed by atoms with Crippen molar-refractivity contribution in [3.05, 3.63) is 80.7 Å². The van der Waals surface area contributed by atoms with E-state index in [9.17, 15) is 19.7 Å². The summed E-state index contributed by atoms with van der Waals surface area (Å²) in [5.74, 6) is -0.904. The monoisotopic (exact) mass is 377 g/mol. The van der Waals surface area contributed by atoms with E-state index >= 15 is 0 Å². The number of nitro groups is 1. The molecule has 0 spiro atoms. The summed E-state index contributed by atoms with van der Waals surface area (Å²) < 4.78 is 5.52. The van der Waals surface area contributed by atoms with Crippen LogP contribution in [0.15, 0.2) is 47.1 Å². The van der Waals surface area contributed by atoms with Crippen LogP contribution in [0.1, 0.15) is 37.5 Å². The Kier molecular flexibility index (Phi) is 4.03. The second-order valence-corrected chi connectivity index (χ2v) is 6.62. The molecule has 1 aliphatic heterocycles. The van der Waals surface area contributed by atoms with Crippen molar-refractivity contribution in [3.8, 4) is 11.5 Å². The number of benzene rings is 2. The lowest BCUT2D eigenvalue weighted by molar-refractivity contribution is -0.385. The smallest absolute Gasteiger partial charge is 0.282 e. The minimum absolute atomic E-state index is 0.0253. The SMILES string of the molecule is Cc1ccc(-c2nc(CN3C(=O)c4cccc([N+](=O)[O-])c4C3=O)co2)c(C)c1. The molecule has 0 saturated carbocycles. The first-order chi connectivity index (χ1) is 13.4. The molecule has 8 nitrogen and oxygen atoms in total. The van der Waals surface area contributed by atoms with Crippen LogP contribution in [0.3, 0.4) is 0 Å². The molecule has 0 aliphatic carbocycles. The van der Waals surface area contributed by atoms with Gasteiger partial charge in [-0.15, -0.1) is 0 Å². The topological polar surface area (TPSA) is 107 Å². The normalized spacial score (nSPS) is 13.1. The molecule has 0 atom stereocenters. The molecule has 2 amide bonds. The van der Waals surface area contributed by atoms with Crippen molar-refractivity contribution in [2.75, 3.05) is 0 Å². The van der Waals surface area contributed by atoms with Crippen molar-refractivity contribution in [1.82, 2.24) is 9.88 Å². The Balaban J connectivity index is 1.63. The number of carbonyl (C=O) groups excluding carboxylic acids is 2. The van der Waals surface area contributed by atoms with Crippen LogP contribution in [0.4, 0.5) is 5.69 Å². The van der Waals surface area contributed by atoms with Crippen molar-refractivity contribution in [2.24, 2.45) is 0 Å². The van der Waals surface area contributed by atoms with Crippen LogP contribution in [0, 0.1) is 24.0 Å². The van der Waals surface area contributed by atoms with Gasteiger partial charge >= 0.3 is 0 Å². The summed E-state index contributed by atoms with van der Waals surface area (Å²) in [5.41, 5.74) is 2.76. The Bertz CT molecular complexity index is 1150. The van der Waals surface area contributed by atoms with E-state index in [0.717, 1.165) is 21.6 Å². The van der Waals surface area contributed by atoms with Crippen LogP contribution >= 0.6 is 0 Å². The van der Waals surface area contributed by atoms with Crippen molar-refractivity contribution in [3.63, 3.8) is 0 Å². The molecule has 0 fully saturated rings. The fraction of sp³-hybridized carbons (Fsp3) is 0.150. The van der Waals surface area contributed by atoms with Crippen LogP contribution in [0.2, 0.25) is 0 Å². The summed E-state index contributed by atoms with van der Waals surface area (Å²) >= 11 is 0. The van der Waals surface area contributed by atoms with Gasteiger partial charge in [-0.25, -0.2) is 4.98 Å². The van der Waals surface area contributed by atoms with E-state index in [-0.39, 0.29) is 23.4 Å². The standard InChI is InChI=1S/C20H15N3O5/c1-11-6-7-14(12(2)8-11)18-21-13(10-28-18)9-22-19(24)15-4-3-5-16(23(26)27)17(15)20(22)25/h3-8,10H,9H2,1-2H3. The molecule has 140 valence electrons. The molecule has 2 aromatic carbocycles. The van der Waals surface area contributed by atoms with Gasteiger partial charge in [0.05, 0.1) is 22.7 Å². The largest absolute Gasteiger partial charge is 0.444 e. The number of carbonyl (C=O) groups is 2. The molecule has 0 radical (unpaired) electrons. The first-order valence-electron chi connectivity index (χ1n) is 8.52. The Morgan fingerprint density at radius 1 is 1.11 bits per heavy atom. The molecule has 4 rings (SSSR count). The zero-order valence-corrected chi connectivity index (χ0v) is 15.1. The number of aryl methyl sites for hydroxylation is 2. The van der Waals surface area contributed by atoms with Crippen molar-refractivity contribution < 1.29 is 18.9 Å². The molecule has 0 saturated heterocycles. The quantitative estimate of drug-likeness (QED) is 0.390. The summed E-state index contributed by atoms with van der Waals surface area (Å²) in [5, 5.41) is 11.2. The Morgan fingerprint density at radius 2 is 1.89 bits per heavy atom. The first-order valence-corrected chi connectivity index (χ1v) is 8.52. The highest BCUT2D eigenvalue weighted by Crippen LogP contribution is 2.32. The van der Waals surface area contributed by atoms with Gasteiger partial charge in [-0.2, -0.15) is 0 Å². The molecule has 1 aromatic heterocycles. The molecule has 1 aliphatic rings. The van der Waals surface area contributed by atoms with Crippen LogP contribution in [-0.2, 0) is 6.54 Å². The summed E-state index contributed by atoms with van der Waals surface area (Å²) in [7, 11) is 0. The number of fused-ring (bicyclic) bond motifs is 1. The maximum Gasteiger partial charge on any atom is 0.282 e. The van der Waals surface area contributed by atoms with Gasteiger partial charge < -0.3 is 4.42 Å². The number of rotatable bonds is 4. The number of nitrogens with zero attached hydrogens (tertiary/aromatic N) is 3. The molecule has 2 heterocycles. The summed E-state index contributed by atoms with van der Waals surface area (Å²) in [4.78, 5) is 41.1. The molecule has 0 unspecified atom stereocenters. The van der Waals surface area contributed by atoms with E-state index in [4.69, 9.17) is 4.42 Å². The minimum Gasteiger partial charge on any atom is -0.444 e. The zero-order chi connectivity index (χ0) is 20.0. The Hall–Kier alpha value is -3.81. The summed E-state index contributed by atoms with van der Waals surface area (Å²) in [6, 6.07) is 9.85. The summed E-state index contributed by atoms with van der Waals surface area (Å²) in [6.07, 6.45) is 1.38. The highest BCUT2D eigenvalue weighted by atomic mass is 16.6. The van der Waals surface area contributed by atoms with Crippen LogP contribution in [0.5, 0.6) is 0 Å². The highest BCUT2D eigenvalue weighted by Gasteiger charge is 2.41. The molecular weight excluding hydrogens is 362 g/mol. The maximum atomic E-state index is 12.6. The third kappa shape index (κ3) is 2.75. The fourth-order valence-corrected chi connectivity index (χ4v) is 3.33. The van der Waals surface area contributed by atoms with E-state index in [1.807, 2.05) is 32.0 Å². The number of oxazole rings is 1. The van der Waals surface area contributed by atoms with Crippen LogP contribution in [-0.4, -0.2) is 26.6 Å². The number of aromatic nitrogens is 1.